The lowest BCUT2D eigenvalue weighted by Gasteiger charge is -2.20. The summed E-state index contributed by atoms with van der Waals surface area (Å²) < 4.78 is 0. The van der Waals surface area contributed by atoms with Crippen molar-refractivity contribution in [3.8, 4) is 0 Å². The Kier molecular flexibility index (Phi) is 6.90. The number of nitrogens with one attached hydrogen (secondary N) is 1. The lowest BCUT2D eigenvalue weighted by Crippen LogP contribution is -2.39. The van der Waals surface area contributed by atoms with Crippen LogP contribution < -0.4 is 5.32 Å². The molecule has 25 heavy (non-hydrogen) atoms. The summed E-state index contributed by atoms with van der Waals surface area (Å²) >= 11 is 0. The third kappa shape index (κ3) is 5.00. The molecule has 1 N–H and O–H groups in total. The Labute approximate surface area is 149 Å². The molecule has 2 rings (SSSR count). The molecule has 0 saturated heterocycles. The van der Waals surface area contributed by atoms with Gasteiger partial charge in [0.25, 0.3) is 0 Å². The molecule has 0 radical (unpaired) electrons. The van der Waals surface area contributed by atoms with Crippen molar-refractivity contribution >= 4 is 11.7 Å². The van der Waals surface area contributed by atoms with E-state index in [0.717, 1.165) is 18.7 Å². The number of carbonyl (C=O) groups excluding carboxylic acids is 2. The SMILES string of the molecule is CCN(CC)CNC(=O)C(C)c1cccc(C(=O)c2ccccc2)c1. The third-order valence-corrected chi connectivity index (χ3v) is 4.45. The molecule has 4 heteroatoms. The molecular formula is C21H26N2O2. The van der Waals surface area contributed by atoms with Crippen LogP contribution in [0.3, 0.4) is 0 Å². The molecule has 1 atom stereocenters. The highest BCUT2D eigenvalue weighted by atomic mass is 16.2. The minimum Gasteiger partial charge on any atom is -0.343 e. The van der Waals surface area contributed by atoms with Crippen molar-refractivity contribution in [1.82, 2.24) is 10.2 Å². The molecule has 0 heterocycles. The van der Waals surface area contributed by atoms with Crippen LogP contribution in [0.5, 0.6) is 0 Å². The van der Waals surface area contributed by atoms with Crippen LogP contribution in [0.2, 0.25) is 0 Å². The number of ketones is 1. The van der Waals surface area contributed by atoms with Gasteiger partial charge in [-0.2, -0.15) is 0 Å². The summed E-state index contributed by atoms with van der Waals surface area (Å²) in [4.78, 5) is 27.1. The second-order valence-corrected chi connectivity index (χ2v) is 6.04. The molecule has 0 saturated carbocycles. The van der Waals surface area contributed by atoms with Crippen molar-refractivity contribution in [2.24, 2.45) is 0 Å². The van der Waals surface area contributed by atoms with E-state index in [9.17, 15) is 9.59 Å². The van der Waals surface area contributed by atoms with Gasteiger partial charge in [-0.25, -0.2) is 0 Å². The maximum Gasteiger partial charge on any atom is 0.228 e. The van der Waals surface area contributed by atoms with Gasteiger partial charge in [0.15, 0.2) is 5.78 Å². The van der Waals surface area contributed by atoms with E-state index in [1.807, 2.05) is 43.3 Å². The third-order valence-electron chi connectivity index (χ3n) is 4.45. The van der Waals surface area contributed by atoms with E-state index in [0.29, 0.717) is 17.8 Å². The number of nitrogens with zero attached hydrogens (tertiary/aromatic N) is 1. The topological polar surface area (TPSA) is 49.4 Å². The molecule has 0 bridgehead atoms. The first-order valence-electron chi connectivity index (χ1n) is 8.76. The van der Waals surface area contributed by atoms with E-state index in [2.05, 4.69) is 24.1 Å². The second-order valence-electron chi connectivity index (χ2n) is 6.04. The van der Waals surface area contributed by atoms with Gasteiger partial charge in [0.05, 0.1) is 12.6 Å². The van der Waals surface area contributed by atoms with Crippen LogP contribution in [0.1, 0.15) is 48.2 Å². The number of benzene rings is 2. The van der Waals surface area contributed by atoms with Crippen LogP contribution in [0.4, 0.5) is 0 Å². The maximum absolute atomic E-state index is 12.6. The van der Waals surface area contributed by atoms with Gasteiger partial charge in [0.1, 0.15) is 0 Å². The van der Waals surface area contributed by atoms with E-state index >= 15 is 0 Å². The van der Waals surface area contributed by atoms with Crippen molar-refractivity contribution in [1.29, 1.82) is 0 Å². The van der Waals surface area contributed by atoms with Crippen LogP contribution >= 0.6 is 0 Å². The van der Waals surface area contributed by atoms with Gasteiger partial charge in [-0.1, -0.05) is 62.4 Å². The van der Waals surface area contributed by atoms with Gasteiger partial charge in [0, 0.05) is 11.1 Å². The molecule has 1 amide bonds. The van der Waals surface area contributed by atoms with E-state index in [1.54, 1.807) is 18.2 Å². The minimum atomic E-state index is -0.306. The number of rotatable bonds is 8. The fourth-order valence-electron chi connectivity index (χ4n) is 2.65. The average Bonchev–Trinajstić information content (AvgIpc) is 2.68. The van der Waals surface area contributed by atoms with Crippen molar-refractivity contribution in [2.45, 2.75) is 26.7 Å². The Balaban J connectivity index is 2.09. The largest absolute Gasteiger partial charge is 0.343 e. The monoisotopic (exact) mass is 338 g/mol. The minimum absolute atomic E-state index is 0.0294. The highest BCUT2D eigenvalue weighted by Gasteiger charge is 2.17. The molecule has 0 aliphatic heterocycles. The predicted molar refractivity (Wildman–Crippen MR) is 101 cm³/mol. The Hall–Kier alpha value is -2.46. The molecule has 4 nitrogen and oxygen atoms in total. The first-order valence-corrected chi connectivity index (χ1v) is 8.76. The Morgan fingerprint density at radius 1 is 0.960 bits per heavy atom. The predicted octanol–water partition coefficient (Wildman–Crippen LogP) is 3.44. The number of hydrogen-bond donors (Lipinski definition) is 1. The Morgan fingerprint density at radius 3 is 2.24 bits per heavy atom. The Bertz CT molecular complexity index is 709. The summed E-state index contributed by atoms with van der Waals surface area (Å²) in [6.45, 7) is 8.33. The van der Waals surface area contributed by atoms with Gasteiger partial charge in [-0.05, 0) is 31.6 Å². The number of carbonyl (C=O) groups is 2. The summed E-state index contributed by atoms with van der Waals surface area (Å²) in [7, 11) is 0. The van der Waals surface area contributed by atoms with E-state index in [-0.39, 0.29) is 17.6 Å². The molecule has 0 spiro atoms. The van der Waals surface area contributed by atoms with Crippen molar-refractivity contribution < 1.29 is 9.59 Å². The van der Waals surface area contributed by atoms with Crippen molar-refractivity contribution in [3.63, 3.8) is 0 Å². The normalized spacial score (nSPS) is 12.0. The van der Waals surface area contributed by atoms with E-state index in [4.69, 9.17) is 0 Å². The van der Waals surface area contributed by atoms with Gasteiger partial charge in [-0.3, -0.25) is 14.5 Å². The highest BCUT2D eigenvalue weighted by molar-refractivity contribution is 6.09. The summed E-state index contributed by atoms with van der Waals surface area (Å²) in [5.74, 6) is -0.367. The van der Waals surface area contributed by atoms with Crippen LogP contribution in [-0.4, -0.2) is 36.3 Å². The van der Waals surface area contributed by atoms with E-state index < -0.39 is 0 Å². The first-order chi connectivity index (χ1) is 12.1. The van der Waals surface area contributed by atoms with Gasteiger partial charge < -0.3 is 5.32 Å². The second kappa shape index (κ2) is 9.14. The van der Waals surface area contributed by atoms with Crippen LogP contribution in [0.15, 0.2) is 54.6 Å². The highest BCUT2D eigenvalue weighted by Crippen LogP contribution is 2.19. The molecule has 0 aliphatic carbocycles. The summed E-state index contributed by atoms with van der Waals surface area (Å²) in [6, 6.07) is 16.5. The maximum atomic E-state index is 12.6. The van der Waals surface area contributed by atoms with E-state index in [1.165, 1.54) is 0 Å². The zero-order chi connectivity index (χ0) is 18.2. The fourth-order valence-corrected chi connectivity index (χ4v) is 2.65. The van der Waals surface area contributed by atoms with Crippen molar-refractivity contribution in [3.05, 3.63) is 71.3 Å². The standard InChI is InChI=1S/C21H26N2O2/c1-4-23(5-2)15-22-21(25)16(3)18-12-9-13-19(14-18)20(24)17-10-7-6-8-11-17/h6-14,16H,4-5,15H2,1-3H3,(H,22,25). The summed E-state index contributed by atoms with van der Waals surface area (Å²) in [5, 5.41) is 2.97. The Morgan fingerprint density at radius 2 is 1.60 bits per heavy atom. The smallest absolute Gasteiger partial charge is 0.228 e. The molecule has 2 aromatic rings. The molecule has 132 valence electrons. The van der Waals surface area contributed by atoms with Crippen molar-refractivity contribution in [2.75, 3.05) is 19.8 Å². The van der Waals surface area contributed by atoms with Crippen LogP contribution in [0.25, 0.3) is 0 Å². The molecule has 0 aromatic heterocycles. The van der Waals surface area contributed by atoms with Crippen LogP contribution in [-0.2, 0) is 4.79 Å². The summed E-state index contributed by atoms with van der Waals surface area (Å²) in [5.41, 5.74) is 2.10. The summed E-state index contributed by atoms with van der Waals surface area (Å²) in [6.07, 6.45) is 0. The van der Waals surface area contributed by atoms with Crippen LogP contribution in [0, 0.1) is 0 Å². The zero-order valence-corrected chi connectivity index (χ0v) is 15.2. The number of amides is 1. The zero-order valence-electron chi connectivity index (χ0n) is 15.2. The average molecular weight is 338 g/mol. The van der Waals surface area contributed by atoms with Gasteiger partial charge >= 0.3 is 0 Å². The van der Waals surface area contributed by atoms with Gasteiger partial charge in [0.2, 0.25) is 5.91 Å². The first kappa shape index (κ1) is 18.9. The lowest BCUT2D eigenvalue weighted by molar-refractivity contribution is -0.122. The molecule has 0 fully saturated rings. The quantitative estimate of drug-likeness (QED) is 0.592. The molecule has 1 unspecified atom stereocenters. The fraction of sp³-hybridized carbons (Fsp3) is 0.333. The molecular weight excluding hydrogens is 312 g/mol. The lowest BCUT2D eigenvalue weighted by atomic mass is 9.95. The number of hydrogen-bond acceptors (Lipinski definition) is 3. The molecule has 0 aliphatic rings. The van der Waals surface area contributed by atoms with Gasteiger partial charge in [-0.15, -0.1) is 0 Å². The molecule has 2 aromatic carbocycles.